The molecular formula is C23H29N3O2. The molecule has 0 unspecified atom stereocenters. The van der Waals surface area contributed by atoms with E-state index in [1.54, 1.807) is 0 Å². The largest absolute Gasteiger partial charge is 0.377 e. The average Bonchev–Trinajstić information content (AvgIpc) is 3.24. The highest BCUT2D eigenvalue weighted by atomic mass is 16.5. The average molecular weight is 380 g/mol. The molecule has 2 saturated heterocycles. The van der Waals surface area contributed by atoms with Gasteiger partial charge in [0.15, 0.2) is 0 Å². The van der Waals surface area contributed by atoms with Gasteiger partial charge in [0, 0.05) is 57.1 Å². The highest BCUT2D eigenvalue weighted by Gasteiger charge is 2.22. The number of hydrogen-bond donors (Lipinski definition) is 1. The van der Waals surface area contributed by atoms with Crippen LogP contribution in [0.3, 0.4) is 0 Å². The number of hydrogen-bond acceptors (Lipinski definition) is 4. The topological polar surface area (TPSA) is 44.8 Å². The van der Waals surface area contributed by atoms with Crippen molar-refractivity contribution >= 4 is 11.6 Å². The lowest BCUT2D eigenvalue weighted by Crippen LogP contribution is -2.48. The maximum atomic E-state index is 12.4. The first-order chi connectivity index (χ1) is 13.8. The van der Waals surface area contributed by atoms with E-state index in [0.717, 1.165) is 51.6 Å². The summed E-state index contributed by atoms with van der Waals surface area (Å²) in [7, 11) is 0. The summed E-state index contributed by atoms with van der Waals surface area (Å²) in [5, 5.41) is 2.93. The predicted molar refractivity (Wildman–Crippen MR) is 112 cm³/mol. The van der Waals surface area contributed by atoms with E-state index in [1.807, 2.05) is 42.5 Å². The second-order valence-electron chi connectivity index (χ2n) is 7.73. The predicted octanol–water partition coefficient (Wildman–Crippen LogP) is 3.24. The Morgan fingerprint density at radius 1 is 0.964 bits per heavy atom. The lowest BCUT2D eigenvalue weighted by atomic mass is 10.1. The fourth-order valence-electron chi connectivity index (χ4n) is 3.95. The van der Waals surface area contributed by atoms with Crippen LogP contribution in [-0.4, -0.2) is 61.1 Å². The van der Waals surface area contributed by atoms with E-state index >= 15 is 0 Å². The fourth-order valence-corrected chi connectivity index (χ4v) is 3.95. The molecule has 5 nitrogen and oxygen atoms in total. The molecule has 2 aliphatic rings. The molecule has 28 heavy (non-hydrogen) atoms. The maximum absolute atomic E-state index is 12.4. The van der Waals surface area contributed by atoms with Crippen LogP contribution >= 0.6 is 0 Å². The van der Waals surface area contributed by atoms with Crippen LogP contribution in [0, 0.1) is 0 Å². The van der Waals surface area contributed by atoms with E-state index in [-0.39, 0.29) is 5.91 Å². The number of benzene rings is 2. The summed E-state index contributed by atoms with van der Waals surface area (Å²) in [6.07, 6.45) is 2.87. The number of amides is 1. The van der Waals surface area contributed by atoms with Crippen LogP contribution in [0.5, 0.6) is 0 Å². The number of anilines is 1. The standard InChI is InChI=1S/C23H29N3O2/c27-23(24-21-5-2-1-3-6-21)20-10-8-19(9-11-20)17-25-12-14-26(15-13-25)18-22-7-4-16-28-22/h1-3,5-6,8-11,22H,4,7,12-18H2,(H,24,27)/t22-/m0/s1. The Morgan fingerprint density at radius 3 is 2.36 bits per heavy atom. The van der Waals surface area contributed by atoms with Crippen molar-refractivity contribution in [2.75, 3.05) is 44.6 Å². The third kappa shape index (κ3) is 5.19. The zero-order valence-corrected chi connectivity index (χ0v) is 16.3. The molecule has 0 bridgehead atoms. The zero-order chi connectivity index (χ0) is 19.2. The van der Waals surface area contributed by atoms with Crippen molar-refractivity contribution in [3.63, 3.8) is 0 Å². The number of carbonyl (C=O) groups is 1. The molecule has 1 atom stereocenters. The van der Waals surface area contributed by atoms with E-state index in [2.05, 4.69) is 27.2 Å². The van der Waals surface area contributed by atoms with E-state index in [0.29, 0.717) is 11.7 Å². The minimum absolute atomic E-state index is 0.0690. The van der Waals surface area contributed by atoms with Gasteiger partial charge in [-0.1, -0.05) is 30.3 Å². The Morgan fingerprint density at radius 2 is 1.68 bits per heavy atom. The van der Waals surface area contributed by atoms with Gasteiger partial charge in [0.25, 0.3) is 5.91 Å². The Kier molecular flexibility index (Phi) is 6.37. The summed E-state index contributed by atoms with van der Waals surface area (Å²) in [5.74, 6) is -0.0690. The minimum atomic E-state index is -0.0690. The van der Waals surface area contributed by atoms with Gasteiger partial charge >= 0.3 is 0 Å². The molecule has 0 aliphatic carbocycles. The van der Waals surface area contributed by atoms with Crippen LogP contribution in [-0.2, 0) is 11.3 Å². The van der Waals surface area contributed by atoms with Crippen molar-refractivity contribution in [3.8, 4) is 0 Å². The van der Waals surface area contributed by atoms with Gasteiger partial charge < -0.3 is 10.1 Å². The van der Waals surface area contributed by atoms with Crippen molar-refractivity contribution in [2.45, 2.75) is 25.5 Å². The second-order valence-corrected chi connectivity index (χ2v) is 7.73. The Balaban J connectivity index is 1.24. The molecular weight excluding hydrogens is 350 g/mol. The monoisotopic (exact) mass is 379 g/mol. The molecule has 4 rings (SSSR count). The highest BCUT2D eigenvalue weighted by molar-refractivity contribution is 6.04. The fraction of sp³-hybridized carbons (Fsp3) is 0.435. The number of carbonyl (C=O) groups excluding carboxylic acids is 1. The van der Waals surface area contributed by atoms with Crippen molar-refractivity contribution in [1.29, 1.82) is 0 Å². The van der Waals surface area contributed by atoms with Crippen LogP contribution in [0.4, 0.5) is 5.69 Å². The van der Waals surface area contributed by atoms with Crippen LogP contribution in [0.25, 0.3) is 0 Å². The SMILES string of the molecule is O=C(Nc1ccccc1)c1ccc(CN2CCN(C[C@@H]3CCCO3)CC2)cc1. The molecule has 2 aliphatic heterocycles. The zero-order valence-electron chi connectivity index (χ0n) is 16.3. The van der Waals surface area contributed by atoms with Gasteiger partial charge in [-0.2, -0.15) is 0 Å². The molecule has 0 radical (unpaired) electrons. The van der Waals surface area contributed by atoms with Gasteiger partial charge in [0.05, 0.1) is 6.10 Å². The van der Waals surface area contributed by atoms with Crippen LogP contribution in [0.1, 0.15) is 28.8 Å². The van der Waals surface area contributed by atoms with E-state index in [1.165, 1.54) is 18.4 Å². The van der Waals surface area contributed by atoms with Crippen molar-refractivity contribution in [3.05, 3.63) is 65.7 Å². The molecule has 2 aromatic rings. The van der Waals surface area contributed by atoms with Gasteiger partial charge in [-0.05, 0) is 42.7 Å². The van der Waals surface area contributed by atoms with Crippen LogP contribution in [0.15, 0.2) is 54.6 Å². The second kappa shape index (κ2) is 9.32. The number of para-hydroxylation sites is 1. The molecule has 0 aromatic heterocycles. The number of rotatable bonds is 6. The van der Waals surface area contributed by atoms with Crippen LogP contribution in [0.2, 0.25) is 0 Å². The highest BCUT2D eigenvalue weighted by Crippen LogP contribution is 2.16. The van der Waals surface area contributed by atoms with E-state index in [4.69, 9.17) is 4.74 Å². The van der Waals surface area contributed by atoms with Gasteiger partial charge in [-0.3, -0.25) is 14.6 Å². The third-order valence-corrected chi connectivity index (χ3v) is 5.60. The number of nitrogens with zero attached hydrogens (tertiary/aromatic N) is 2. The van der Waals surface area contributed by atoms with E-state index in [9.17, 15) is 4.79 Å². The molecule has 1 N–H and O–H groups in total. The van der Waals surface area contributed by atoms with Gasteiger partial charge in [0.1, 0.15) is 0 Å². The summed E-state index contributed by atoms with van der Waals surface area (Å²) in [6.45, 7) is 7.35. The van der Waals surface area contributed by atoms with Crippen molar-refractivity contribution in [2.24, 2.45) is 0 Å². The third-order valence-electron chi connectivity index (χ3n) is 5.60. The summed E-state index contributed by atoms with van der Waals surface area (Å²) >= 11 is 0. The van der Waals surface area contributed by atoms with Crippen LogP contribution < -0.4 is 5.32 Å². The smallest absolute Gasteiger partial charge is 0.255 e. The molecule has 0 saturated carbocycles. The van der Waals surface area contributed by atoms with Crippen molar-refractivity contribution in [1.82, 2.24) is 9.80 Å². The molecule has 2 fully saturated rings. The number of nitrogens with one attached hydrogen (secondary N) is 1. The molecule has 0 spiro atoms. The van der Waals surface area contributed by atoms with Gasteiger partial charge in [0.2, 0.25) is 0 Å². The first-order valence-corrected chi connectivity index (χ1v) is 10.3. The van der Waals surface area contributed by atoms with Crippen molar-refractivity contribution < 1.29 is 9.53 Å². The number of ether oxygens (including phenoxy) is 1. The Labute approximate surface area is 167 Å². The summed E-state index contributed by atoms with van der Waals surface area (Å²) in [6, 6.07) is 17.5. The molecule has 2 heterocycles. The molecule has 2 aromatic carbocycles. The number of piperazine rings is 1. The first-order valence-electron chi connectivity index (χ1n) is 10.3. The molecule has 148 valence electrons. The summed E-state index contributed by atoms with van der Waals surface area (Å²) in [4.78, 5) is 17.4. The van der Waals surface area contributed by atoms with Gasteiger partial charge in [-0.15, -0.1) is 0 Å². The Bertz CT molecular complexity index is 749. The first kappa shape index (κ1) is 19.1. The van der Waals surface area contributed by atoms with E-state index < -0.39 is 0 Å². The lowest BCUT2D eigenvalue weighted by molar-refractivity contribution is 0.0489. The Hall–Kier alpha value is -2.21. The molecule has 5 heteroatoms. The summed E-state index contributed by atoms with van der Waals surface area (Å²) in [5.41, 5.74) is 2.76. The van der Waals surface area contributed by atoms with Gasteiger partial charge in [-0.25, -0.2) is 0 Å². The molecule has 1 amide bonds. The quantitative estimate of drug-likeness (QED) is 0.837. The maximum Gasteiger partial charge on any atom is 0.255 e. The normalized spacial score (nSPS) is 20.9. The minimum Gasteiger partial charge on any atom is -0.377 e. The summed E-state index contributed by atoms with van der Waals surface area (Å²) < 4.78 is 5.76. The lowest BCUT2D eigenvalue weighted by Gasteiger charge is -2.35.